The summed E-state index contributed by atoms with van der Waals surface area (Å²) < 4.78 is 39.7. The van der Waals surface area contributed by atoms with Gasteiger partial charge in [-0.1, -0.05) is 0 Å². The summed E-state index contributed by atoms with van der Waals surface area (Å²) in [5, 5.41) is 0. The Labute approximate surface area is 159 Å². The Balaban J connectivity index is 1.84. The zero-order chi connectivity index (χ0) is 18.5. The topological polar surface area (TPSA) is 34.6 Å². The third-order valence-corrected chi connectivity index (χ3v) is 5.30. The molecule has 138 valence electrons. The van der Waals surface area contributed by atoms with Crippen molar-refractivity contribution in [1.82, 2.24) is 9.88 Å². The smallest absolute Gasteiger partial charge is 0.257 e. The van der Waals surface area contributed by atoms with Crippen LogP contribution in [0, 0.1) is 0 Å². The number of pyridine rings is 1. The van der Waals surface area contributed by atoms with Gasteiger partial charge in [-0.15, -0.1) is 0 Å². The van der Waals surface area contributed by atoms with E-state index in [1.165, 1.54) is 0 Å². The van der Waals surface area contributed by atoms with Gasteiger partial charge < -0.3 is 9.47 Å². The maximum absolute atomic E-state index is 13.9. The van der Waals surface area contributed by atoms with Gasteiger partial charge >= 0.3 is 0 Å². The lowest BCUT2D eigenvalue weighted by molar-refractivity contribution is -0.0367. The zero-order valence-corrected chi connectivity index (χ0v) is 16.1. The molecule has 0 amide bonds. The fourth-order valence-electron chi connectivity index (χ4n) is 3.75. The number of nitrogens with zero attached hydrogens (tertiary/aromatic N) is 2. The fraction of sp³-hybridized carbons (Fsp3) is 0.421. The molecule has 0 unspecified atom stereocenters. The first-order chi connectivity index (χ1) is 12.3. The van der Waals surface area contributed by atoms with Crippen LogP contribution >= 0.6 is 15.9 Å². The van der Waals surface area contributed by atoms with Crippen LogP contribution in [0.5, 0.6) is 11.5 Å². The predicted molar refractivity (Wildman–Crippen MR) is 96.8 cm³/mol. The van der Waals surface area contributed by atoms with E-state index < -0.39 is 5.92 Å². The van der Waals surface area contributed by atoms with Crippen LogP contribution in [0.15, 0.2) is 34.9 Å². The lowest BCUT2D eigenvalue weighted by atomic mass is 9.86. The first-order valence-electron chi connectivity index (χ1n) is 8.49. The normalized spacial score (nSPS) is 22.3. The molecule has 0 saturated carbocycles. The third-order valence-electron chi connectivity index (χ3n) is 4.83. The molecule has 0 radical (unpaired) electrons. The zero-order valence-electron chi connectivity index (χ0n) is 14.5. The van der Waals surface area contributed by atoms with Crippen LogP contribution in [0.2, 0.25) is 0 Å². The second-order valence-electron chi connectivity index (χ2n) is 7.00. The number of halogens is 3. The molecule has 0 bridgehead atoms. The van der Waals surface area contributed by atoms with Crippen molar-refractivity contribution >= 4 is 15.9 Å². The molecule has 4 nitrogen and oxygen atoms in total. The molecule has 1 aromatic heterocycles. The summed E-state index contributed by atoms with van der Waals surface area (Å²) in [7, 11) is 0. The van der Waals surface area contributed by atoms with Gasteiger partial charge in [-0.3, -0.25) is 9.88 Å². The van der Waals surface area contributed by atoms with E-state index in [1.54, 1.807) is 6.20 Å². The number of aromatic nitrogens is 1. The summed E-state index contributed by atoms with van der Waals surface area (Å²) in [6, 6.07) is 7.24. The molecule has 0 spiro atoms. The highest BCUT2D eigenvalue weighted by molar-refractivity contribution is 9.10. The lowest BCUT2D eigenvalue weighted by Gasteiger charge is -2.42. The quantitative estimate of drug-likeness (QED) is 0.722. The van der Waals surface area contributed by atoms with E-state index in [-0.39, 0.29) is 25.4 Å². The number of hydrogen-bond acceptors (Lipinski definition) is 4. The molecule has 4 rings (SSSR count). The summed E-state index contributed by atoms with van der Waals surface area (Å²) in [6.45, 7) is 2.79. The second kappa shape index (κ2) is 6.46. The van der Waals surface area contributed by atoms with E-state index in [2.05, 4.69) is 20.9 Å². The molecule has 2 aliphatic rings. The van der Waals surface area contributed by atoms with Crippen LogP contribution in [0.3, 0.4) is 0 Å². The van der Waals surface area contributed by atoms with E-state index in [0.29, 0.717) is 17.9 Å². The molecule has 1 aromatic carbocycles. The molecule has 0 aliphatic carbocycles. The molecule has 0 N–H and O–H groups in total. The molecule has 3 heterocycles. The van der Waals surface area contributed by atoms with E-state index in [9.17, 15) is 8.78 Å². The fourth-order valence-corrected chi connectivity index (χ4v) is 3.98. The monoisotopic (exact) mass is 424 g/mol. The van der Waals surface area contributed by atoms with Gasteiger partial charge in [0.15, 0.2) is 11.5 Å². The van der Waals surface area contributed by atoms with Gasteiger partial charge in [0, 0.05) is 23.6 Å². The van der Waals surface area contributed by atoms with Crippen molar-refractivity contribution in [1.29, 1.82) is 0 Å². The molecule has 0 fully saturated rings. The Hall–Kier alpha value is -1.73. The molecule has 2 atom stereocenters. The van der Waals surface area contributed by atoms with Crippen molar-refractivity contribution < 1.29 is 18.3 Å². The minimum Gasteiger partial charge on any atom is -0.454 e. The molecular weight excluding hydrogens is 406 g/mol. The van der Waals surface area contributed by atoms with Crippen molar-refractivity contribution in [2.24, 2.45) is 0 Å². The van der Waals surface area contributed by atoms with Crippen molar-refractivity contribution in [2.75, 3.05) is 13.3 Å². The largest absolute Gasteiger partial charge is 0.454 e. The summed E-state index contributed by atoms with van der Waals surface area (Å²) in [5.74, 6) is -1.42. The Bertz CT molecular complexity index is 824. The second-order valence-corrected chi connectivity index (χ2v) is 7.92. The first kappa shape index (κ1) is 17.7. The van der Waals surface area contributed by atoms with Crippen LogP contribution < -0.4 is 9.47 Å². The van der Waals surface area contributed by atoms with Gasteiger partial charge in [0.25, 0.3) is 5.92 Å². The Kier molecular flexibility index (Phi) is 4.39. The minimum atomic E-state index is -2.80. The van der Waals surface area contributed by atoms with Crippen LogP contribution in [0.1, 0.15) is 36.7 Å². The number of hydrogen-bond donors (Lipinski definition) is 0. The van der Waals surface area contributed by atoms with Gasteiger partial charge in [-0.25, -0.2) is 8.78 Å². The Morgan fingerprint density at radius 2 is 2.00 bits per heavy atom. The maximum atomic E-state index is 13.9. The highest BCUT2D eigenvalue weighted by atomic mass is 79.9. The number of benzene rings is 1. The average Bonchev–Trinajstić information content (AvgIpc) is 3.01. The molecular formula is C19H19BrF2N2O2. The summed E-state index contributed by atoms with van der Waals surface area (Å²) in [4.78, 5) is 6.34. The molecule has 7 heteroatoms. The molecule has 0 saturated heterocycles. The first-order valence-corrected chi connectivity index (χ1v) is 9.28. The van der Waals surface area contributed by atoms with Crippen LogP contribution in [-0.2, 0) is 6.42 Å². The molecule has 2 aliphatic heterocycles. The third kappa shape index (κ3) is 3.30. The summed E-state index contributed by atoms with van der Waals surface area (Å²) in [6.07, 6.45) is 2.37. The SMILES string of the molecule is C[C@@H]1Cc2cc3c(cc2[C@@H](c2ccc(Br)cn2)N1CC(C)(F)F)OCO3. The number of ether oxygens (including phenoxy) is 2. The van der Waals surface area contributed by atoms with Gasteiger partial charge in [0.1, 0.15) is 0 Å². The van der Waals surface area contributed by atoms with Crippen molar-refractivity contribution in [2.45, 2.75) is 38.3 Å². The molecule has 2 aromatic rings. The van der Waals surface area contributed by atoms with Crippen LogP contribution in [0.4, 0.5) is 8.78 Å². The van der Waals surface area contributed by atoms with E-state index in [4.69, 9.17) is 9.47 Å². The summed E-state index contributed by atoms with van der Waals surface area (Å²) >= 11 is 3.38. The van der Waals surface area contributed by atoms with Gasteiger partial charge in [-0.2, -0.15) is 0 Å². The Morgan fingerprint density at radius 1 is 1.27 bits per heavy atom. The Morgan fingerprint density at radius 3 is 2.65 bits per heavy atom. The average molecular weight is 425 g/mol. The molecule has 26 heavy (non-hydrogen) atoms. The number of alkyl halides is 2. The van der Waals surface area contributed by atoms with Crippen molar-refractivity contribution in [3.63, 3.8) is 0 Å². The van der Waals surface area contributed by atoms with E-state index in [1.807, 2.05) is 36.1 Å². The van der Waals surface area contributed by atoms with Crippen molar-refractivity contribution in [3.05, 3.63) is 51.8 Å². The summed E-state index contributed by atoms with van der Waals surface area (Å²) in [5.41, 5.74) is 2.78. The predicted octanol–water partition coefficient (Wildman–Crippen LogP) is 4.56. The van der Waals surface area contributed by atoms with E-state index in [0.717, 1.165) is 28.2 Å². The number of rotatable bonds is 3. The van der Waals surface area contributed by atoms with Crippen molar-refractivity contribution in [3.8, 4) is 11.5 Å². The van der Waals surface area contributed by atoms with Crippen LogP contribution in [0.25, 0.3) is 0 Å². The van der Waals surface area contributed by atoms with E-state index >= 15 is 0 Å². The highest BCUT2D eigenvalue weighted by Crippen LogP contribution is 2.44. The van der Waals surface area contributed by atoms with Gasteiger partial charge in [-0.05, 0) is 64.7 Å². The standard InChI is InChI=1S/C19H19BrF2N2O2/c1-11-5-12-6-16-17(26-10-25-16)7-14(12)18(24(11)9-19(2,21)22)15-4-3-13(20)8-23-15/h3-4,6-8,11,18H,5,9-10H2,1-2H3/t11-,18+/m1/s1. The minimum absolute atomic E-state index is 0.0517. The lowest BCUT2D eigenvalue weighted by Crippen LogP contribution is -2.47. The maximum Gasteiger partial charge on any atom is 0.257 e. The van der Waals surface area contributed by atoms with Gasteiger partial charge in [0.05, 0.1) is 18.3 Å². The number of fused-ring (bicyclic) bond motifs is 2. The van der Waals surface area contributed by atoms with Crippen LogP contribution in [-0.4, -0.2) is 35.2 Å². The van der Waals surface area contributed by atoms with Gasteiger partial charge in [0.2, 0.25) is 6.79 Å². The highest BCUT2D eigenvalue weighted by Gasteiger charge is 2.39.